The number of hydrogen-bond donors (Lipinski definition) is 1. The second-order valence-corrected chi connectivity index (χ2v) is 4.39. The molecule has 1 aromatic heterocycles. The maximum absolute atomic E-state index is 5.68. The van der Waals surface area contributed by atoms with Crippen LogP contribution in [0.15, 0.2) is 24.5 Å². The Hall–Kier alpha value is -1.81. The van der Waals surface area contributed by atoms with E-state index < -0.39 is 0 Å². The summed E-state index contributed by atoms with van der Waals surface area (Å²) in [5.41, 5.74) is 10.2. The minimum absolute atomic E-state index is 0.541. The first kappa shape index (κ1) is 12.6. The molecule has 96 valence electrons. The zero-order valence-electron chi connectivity index (χ0n) is 11.1. The topological polar surface area (TPSA) is 53.1 Å². The van der Waals surface area contributed by atoms with E-state index in [1.165, 1.54) is 5.69 Å². The second kappa shape index (κ2) is 5.23. The summed E-state index contributed by atoms with van der Waals surface area (Å²) in [6.45, 7) is 5.38. The molecule has 2 N–H and O–H groups in total. The van der Waals surface area contributed by atoms with Gasteiger partial charge in [0.2, 0.25) is 0 Å². The summed E-state index contributed by atoms with van der Waals surface area (Å²) in [6, 6.07) is 6.05. The molecule has 1 aromatic carbocycles. The fraction of sp³-hybridized carbons (Fsp3) is 0.357. The number of hydrogen-bond acceptors (Lipinski definition) is 3. The predicted molar refractivity (Wildman–Crippen MR) is 71.7 cm³/mol. The van der Waals surface area contributed by atoms with Gasteiger partial charge in [0.25, 0.3) is 0 Å². The molecule has 0 bridgehead atoms. The lowest BCUT2D eigenvalue weighted by Gasteiger charge is -2.12. The van der Waals surface area contributed by atoms with Crippen LogP contribution in [0.2, 0.25) is 0 Å². The van der Waals surface area contributed by atoms with Crippen molar-refractivity contribution in [3.63, 3.8) is 0 Å². The van der Waals surface area contributed by atoms with Crippen LogP contribution in [-0.4, -0.2) is 16.7 Å². The summed E-state index contributed by atoms with van der Waals surface area (Å²) >= 11 is 0. The number of rotatable bonds is 4. The number of imidazole rings is 1. The molecular weight excluding hydrogens is 226 g/mol. The summed E-state index contributed by atoms with van der Waals surface area (Å²) in [7, 11) is 1.69. The number of nitrogens with zero attached hydrogens (tertiary/aromatic N) is 2. The van der Waals surface area contributed by atoms with Gasteiger partial charge in [-0.05, 0) is 31.5 Å². The fourth-order valence-electron chi connectivity index (χ4n) is 1.97. The van der Waals surface area contributed by atoms with Crippen LogP contribution in [-0.2, 0) is 13.1 Å². The molecule has 1 heterocycles. The van der Waals surface area contributed by atoms with E-state index in [0.29, 0.717) is 6.54 Å². The normalized spacial score (nSPS) is 10.7. The maximum Gasteiger partial charge on any atom is 0.123 e. The van der Waals surface area contributed by atoms with E-state index in [-0.39, 0.29) is 0 Å². The first-order chi connectivity index (χ1) is 8.65. The SMILES string of the molecule is COc1ccc(CN)cc1Cn1cnc(C)c1C. The Morgan fingerprint density at radius 2 is 2.11 bits per heavy atom. The molecule has 4 nitrogen and oxygen atoms in total. The van der Waals surface area contributed by atoms with Crippen molar-refractivity contribution in [1.29, 1.82) is 0 Å². The molecule has 0 fully saturated rings. The number of aryl methyl sites for hydroxylation is 1. The monoisotopic (exact) mass is 245 g/mol. The highest BCUT2D eigenvalue weighted by Crippen LogP contribution is 2.21. The van der Waals surface area contributed by atoms with Crippen LogP contribution in [0.4, 0.5) is 0 Å². The maximum atomic E-state index is 5.68. The minimum Gasteiger partial charge on any atom is -0.496 e. The lowest BCUT2D eigenvalue weighted by Crippen LogP contribution is -2.05. The van der Waals surface area contributed by atoms with Gasteiger partial charge >= 0.3 is 0 Å². The van der Waals surface area contributed by atoms with Gasteiger partial charge in [0.05, 0.1) is 25.7 Å². The summed E-state index contributed by atoms with van der Waals surface area (Å²) in [5, 5.41) is 0. The largest absolute Gasteiger partial charge is 0.496 e. The third-order valence-electron chi connectivity index (χ3n) is 3.27. The number of nitrogens with two attached hydrogens (primary N) is 1. The van der Waals surface area contributed by atoms with Crippen LogP contribution in [0.3, 0.4) is 0 Å². The zero-order valence-corrected chi connectivity index (χ0v) is 11.1. The molecule has 0 aliphatic heterocycles. The number of ether oxygens (including phenoxy) is 1. The van der Waals surface area contributed by atoms with Crippen LogP contribution >= 0.6 is 0 Å². The van der Waals surface area contributed by atoms with Crippen molar-refractivity contribution in [3.8, 4) is 5.75 Å². The lowest BCUT2D eigenvalue weighted by atomic mass is 10.1. The molecule has 0 aliphatic rings. The van der Waals surface area contributed by atoms with Gasteiger partial charge in [-0.25, -0.2) is 4.98 Å². The molecule has 0 amide bonds. The predicted octanol–water partition coefficient (Wildman–Crippen LogP) is 2.02. The van der Waals surface area contributed by atoms with Crippen LogP contribution in [0, 0.1) is 13.8 Å². The Balaban J connectivity index is 2.35. The third-order valence-corrected chi connectivity index (χ3v) is 3.27. The lowest BCUT2D eigenvalue weighted by molar-refractivity contribution is 0.408. The van der Waals surface area contributed by atoms with Crippen molar-refractivity contribution in [1.82, 2.24) is 9.55 Å². The van der Waals surface area contributed by atoms with E-state index in [9.17, 15) is 0 Å². The highest BCUT2D eigenvalue weighted by molar-refractivity contribution is 5.37. The smallest absolute Gasteiger partial charge is 0.123 e. The Labute approximate surface area is 107 Å². The molecule has 0 atom stereocenters. The molecule has 0 spiro atoms. The number of benzene rings is 1. The van der Waals surface area contributed by atoms with Crippen molar-refractivity contribution in [2.24, 2.45) is 5.73 Å². The molecule has 0 saturated carbocycles. The van der Waals surface area contributed by atoms with Crippen molar-refractivity contribution in [2.75, 3.05) is 7.11 Å². The van der Waals surface area contributed by atoms with Crippen LogP contribution in [0.25, 0.3) is 0 Å². The van der Waals surface area contributed by atoms with E-state index in [1.807, 2.05) is 25.4 Å². The van der Waals surface area contributed by atoms with Gasteiger partial charge < -0.3 is 15.0 Å². The Bertz CT molecular complexity index is 546. The Morgan fingerprint density at radius 1 is 1.33 bits per heavy atom. The highest BCUT2D eigenvalue weighted by Gasteiger charge is 2.08. The zero-order chi connectivity index (χ0) is 13.1. The average Bonchev–Trinajstić information content (AvgIpc) is 2.70. The van der Waals surface area contributed by atoms with Crippen molar-refractivity contribution in [2.45, 2.75) is 26.9 Å². The highest BCUT2D eigenvalue weighted by atomic mass is 16.5. The van der Waals surface area contributed by atoms with Crippen molar-refractivity contribution < 1.29 is 4.74 Å². The number of methoxy groups -OCH3 is 1. The summed E-state index contributed by atoms with van der Waals surface area (Å²) in [4.78, 5) is 4.31. The van der Waals surface area contributed by atoms with Gasteiger partial charge in [0, 0.05) is 17.8 Å². The molecule has 0 saturated heterocycles. The quantitative estimate of drug-likeness (QED) is 0.896. The number of aromatic nitrogens is 2. The fourth-order valence-corrected chi connectivity index (χ4v) is 1.97. The second-order valence-electron chi connectivity index (χ2n) is 4.39. The van der Waals surface area contributed by atoms with E-state index in [0.717, 1.165) is 29.1 Å². The molecule has 18 heavy (non-hydrogen) atoms. The molecular formula is C14H19N3O. The molecule has 0 aliphatic carbocycles. The molecule has 0 unspecified atom stereocenters. The van der Waals surface area contributed by atoms with Crippen LogP contribution in [0.5, 0.6) is 5.75 Å². The Morgan fingerprint density at radius 3 is 2.67 bits per heavy atom. The van der Waals surface area contributed by atoms with Gasteiger partial charge in [0.1, 0.15) is 5.75 Å². The third kappa shape index (κ3) is 2.38. The standard InChI is InChI=1S/C14H19N3O/c1-10-11(2)17(9-16-10)8-13-6-12(7-15)4-5-14(13)18-3/h4-6,9H,7-8,15H2,1-3H3. The summed E-state index contributed by atoms with van der Waals surface area (Å²) in [6.07, 6.45) is 1.86. The van der Waals surface area contributed by atoms with Gasteiger partial charge in [-0.2, -0.15) is 0 Å². The summed E-state index contributed by atoms with van der Waals surface area (Å²) < 4.78 is 7.51. The molecule has 2 rings (SSSR count). The minimum atomic E-state index is 0.541. The first-order valence-electron chi connectivity index (χ1n) is 6.00. The molecule has 0 radical (unpaired) electrons. The van der Waals surface area contributed by atoms with Crippen LogP contribution in [0.1, 0.15) is 22.5 Å². The average molecular weight is 245 g/mol. The molecule has 2 aromatic rings. The Kier molecular flexibility index (Phi) is 3.67. The van der Waals surface area contributed by atoms with Crippen LogP contribution < -0.4 is 10.5 Å². The van der Waals surface area contributed by atoms with Crippen molar-refractivity contribution >= 4 is 0 Å². The first-order valence-corrected chi connectivity index (χ1v) is 6.00. The molecule has 4 heteroatoms. The van der Waals surface area contributed by atoms with E-state index in [2.05, 4.69) is 22.5 Å². The van der Waals surface area contributed by atoms with Gasteiger partial charge in [-0.3, -0.25) is 0 Å². The van der Waals surface area contributed by atoms with E-state index >= 15 is 0 Å². The van der Waals surface area contributed by atoms with E-state index in [4.69, 9.17) is 10.5 Å². The van der Waals surface area contributed by atoms with Gasteiger partial charge in [0.15, 0.2) is 0 Å². The van der Waals surface area contributed by atoms with E-state index in [1.54, 1.807) is 7.11 Å². The summed E-state index contributed by atoms with van der Waals surface area (Å²) in [5.74, 6) is 0.887. The van der Waals surface area contributed by atoms with Gasteiger partial charge in [-0.15, -0.1) is 0 Å². The van der Waals surface area contributed by atoms with Crippen molar-refractivity contribution in [3.05, 3.63) is 47.0 Å². The van der Waals surface area contributed by atoms with Gasteiger partial charge in [-0.1, -0.05) is 6.07 Å².